The summed E-state index contributed by atoms with van der Waals surface area (Å²) in [6.45, 7) is -1.78. The standard InChI is InChI=1S/C10H6F6O3/c11-9(12,13)5-18-7-2-1-6(4-17)3-8(7)19-10(14,15)16/h1-4H,5H2. The Kier molecular flexibility index (Phi) is 4.28. The van der Waals surface area contributed by atoms with Crippen molar-refractivity contribution in [2.24, 2.45) is 0 Å². The number of carbonyl (C=O) groups excluding carboxylic acids is 1. The van der Waals surface area contributed by atoms with Crippen LogP contribution in [0.1, 0.15) is 10.4 Å². The normalized spacial score (nSPS) is 12.1. The minimum absolute atomic E-state index is 0.196. The minimum atomic E-state index is -5.11. The zero-order chi connectivity index (χ0) is 14.7. The Labute approximate surface area is 102 Å². The number of rotatable bonds is 4. The molecular weight excluding hydrogens is 282 g/mol. The summed E-state index contributed by atoms with van der Waals surface area (Å²) in [5, 5.41) is 0. The Morgan fingerprint density at radius 1 is 1.05 bits per heavy atom. The first-order chi connectivity index (χ1) is 8.61. The first kappa shape index (κ1) is 15.1. The van der Waals surface area contributed by atoms with Gasteiger partial charge in [-0.25, -0.2) is 0 Å². The van der Waals surface area contributed by atoms with Crippen LogP contribution in [0.2, 0.25) is 0 Å². The van der Waals surface area contributed by atoms with Gasteiger partial charge in [-0.15, -0.1) is 13.2 Å². The van der Waals surface area contributed by atoms with E-state index < -0.39 is 30.6 Å². The topological polar surface area (TPSA) is 35.5 Å². The van der Waals surface area contributed by atoms with E-state index >= 15 is 0 Å². The van der Waals surface area contributed by atoms with Crippen molar-refractivity contribution in [2.75, 3.05) is 6.61 Å². The monoisotopic (exact) mass is 288 g/mol. The van der Waals surface area contributed by atoms with Gasteiger partial charge in [0.05, 0.1) is 0 Å². The maximum absolute atomic E-state index is 12.0. The molecule has 106 valence electrons. The number of aldehydes is 1. The lowest BCUT2D eigenvalue weighted by molar-refractivity contribution is -0.275. The van der Waals surface area contributed by atoms with E-state index in [0.717, 1.165) is 12.1 Å². The maximum Gasteiger partial charge on any atom is 0.573 e. The second-order valence-electron chi connectivity index (χ2n) is 3.28. The van der Waals surface area contributed by atoms with Crippen LogP contribution in [-0.4, -0.2) is 25.4 Å². The van der Waals surface area contributed by atoms with E-state index in [2.05, 4.69) is 9.47 Å². The number of benzene rings is 1. The largest absolute Gasteiger partial charge is 0.573 e. The summed E-state index contributed by atoms with van der Waals surface area (Å²) >= 11 is 0. The van der Waals surface area contributed by atoms with Gasteiger partial charge in [0.15, 0.2) is 18.1 Å². The van der Waals surface area contributed by atoms with Crippen molar-refractivity contribution < 1.29 is 40.6 Å². The summed E-state index contributed by atoms with van der Waals surface area (Å²) in [5.41, 5.74) is -0.196. The van der Waals surface area contributed by atoms with Crippen LogP contribution in [0.25, 0.3) is 0 Å². The third-order valence-corrected chi connectivity index (χ3v) is 1.72. The Morgan fingerprint density at radius 3 is 2.16 bits per heavy atom. The molecule has 0 fully saturated rings. The van der Waals surface area contributed by atoms with Gasteiger partial charge in [0.25, 0.3) is 0 Å². The zero-order valence-electron chi connectivity index (χ0n) is 9.01. The molecule has 19 heavy (non-hydrogen) atoms. The summed E-state index contributed by atoms with van der Waals surface area (Å²) < 4.78 is 79.5. The smallest absolute Gasteiger partial charge is 0.480 e. The molecule has 0 spiro atoms. The average Bonchev–Trinajstić information content (AvgIpc) is 2.24. The molecule has 0 atom stereocenters. The second-order valence-corrected chi connectivity index (χ2v) is 3.28. The number of alkyl halides is 6. The van der Waals surface area contributed by atoms with E-state index in [1.807, 2.05) is 0 Å². The number of halogens is 6. The molecular formula is C10H6F6O3. The third kappa shape index (κ3) is 5.49. The van der Waals surface area contributed by atoms with Crippen LogP contribution in [-0.2, 0) is 0 Å². The van der Waals surface area contributed by atoms with Gasteiger partial charge in [-0.2, -0.15) is 13.2 Å². The SMILES string of the molecule is O=Cc1ccc(OCC(F)(F)F)c(OC(F)(F)F)c1. The van der Waals surface area contributed by atoms with E-state index in [9.17, 15) is 31.1 Å². The molecule has 0 aliphatic carbocycles. The van der Waals surface area contributed by atoms with Gasteiger partial charge in [0.1, 0.15) is 6.29 Å². The second kappa shape index (κ2) is 5.37. The van der Waals surface area contributed by atoms with Crippen molar-refractivity contribution in [2.45, 2.75) is 12.5 Å². The highest BCUT2D eigenvalue weighted by molar-refractivity contribution is 5.76. The van der Waals surface area contributed by atoms with Gasteiger partial charge in [0, 0.05) is 5.56 Å². The number of hydrogen-bond donors (Lipinski definition) is 0. The lowest BCUT2D eigenvalue weighted by atomic mass is 10.2. The predicted molar refractivity (Wildman–Crippen MR) is 50.1 cm³/mol. The van der Waals surface area contributed by atoms with Crippen molar-refractivity contribution in [3.63, 3.8) is 0 Å². The number of hydrogen-bond acceptors (Lipinski definition) is 3. The molecule has 0 heterocycles. The van der Waals surface area contributed by atoms with E-state index in [1.165, 1.54) is 0 Å². The van der Waals surface area contributed by atoms with Crippen LogP contribution < -0.4 is 9.47 Å². The summed E-state index contributed by atoms with van der Waals surface area (Å²) in [7, 11) is 0. The molecule has 0 bridgehead atoms. The molecule has 1 aromatic rings. The molecule has 1 rings (SSSR count). The average molecular weight is 288 g/mol. The Morgan fingerprint density at radius 2 is 1.68 bits per heavy atom. The van der Waals surface area contributed by atoms with Crippen LogP contribution in [0.15, 0.2) is 18.2 Å². The summed E-state index contributed by atoms with van der Waals surface area (Å²) in [6, 6.07) is 2.42. The van der Waals surface area contributed by atoms with Gasteiger partial charge in [0.2, 0.25) is 0 Å². The molecule has 3 nitrogen and oxygen atoms in total. The third-order valence-electron chi connectivity index (χ3n) is 1.72. The molecule has 0 radical (unpaired) electrons. The lowest BCUT2D eigenvalue weighted by Crippen LogP contribution is -2.21. The van der Waals surface area contributed by atoms with Crippen molar-refractivity contribution in [3.05, 3.63) is 23.8 Å². The summed E-state index contributed by atoms with van der Waals surface area (Å²) in [4.78, 5) is 10.4. The van der Waals surface area contributed by atoms with Gasteiger partial charge in [-0.1, -0.05) is 0 Å². The fraction of sp³-hybridized carbons (Fsp3) is 0.300. The first-order valence-electron chi connectivity index (χ1n) is 4.65. The van der Waals surface area contributed by atoms with Crippen LogP contribution in [0.4, 0.5) is 26.3 Å². The van der Waals surface area contributed by atoms with E-state index in [1.54, 1.807) is 0 Å². The van der Waals surface area contributed by atoms with Crippen molar-refractivity contribution in [1.29, 1.82) is 0 Å². The molecule has 0 N–H and O–H groups in total. The molecule has 0 aromatic heterocycles. The minimum Gasteiger partial charge on any atom is -0.480 e. The van der Waals surface area contributed by atoms with Crippen LogP contribution >= 0.6 is 0 Å². The molecule has 0 unspecified atom stereocenters. The van der Waals surface area contributed by atoms with Gasteiger partial charge in [-0.3, -0.25) is 4.79 Å². The van der Waals surface area contributed by atoms with Crippen LogP contribution in [0, 0.1) is 0 Å². The van der Waals surface area contributed by atoms with Gasteiger partial charge >= 0.3 is 12.5 Å². The highest BCUT2D eigenvalue weighted by Crippen LogP contribution is 2.33. The summed E-state index contributed by atoms with van der Waals surface area (Å²) in [5.74, 6) is -1.78. The molecule has 0 amide bonds. The zero-order valence-corrected chi connectivity index (χ0v) is 9.01. The molecule has 1 aromatic carbocycles. The highest BCUT2D eigenvalue weighted by Gasteiger charge is 2.34. The van der Waals surface area contributed by atoms with E-state index in [0.29, 0.717) is 6.07 Å². The highest BCUT2D eigenvalue weighted by atomic mass is 19.4. The Hall–Kier alpha value is -1.93. The van der Waals surface area contributed by atoms with Crippen molar-refractivity contribution >= 4 is 6.29 Å². The van der Waals surface area contributed by atoms with E-state index in [4.69, 9.17) is 0 Å². The quantitative estimate of drug-likeness (QED) is 0.629. The fourth-order valence-electron chi connectivity index (χ4n) is 1.08. The summed E-state index contributed by atoms with van der Waals surface area (Å²) in [6.07, 6.45) is -9.60. The van der Waals surface area contributed by atoms with Crippen molar-refractivity contribution in [1.82, 2.24) is 0 Å². The Bertz CT molecular complexity index is 452. The van der Waals surface area contributed by atoms with Gasteiger partial charge < -0.3 is 9.47 Å². The Balaban J connectivity index is 2.98. The van der Waals surface area contributed by atoms with Crippen LogP contribution in [0.5, 0.6) is 11.5 Å². The number of carbonyl (C=O) groups is 1. The number of ether oxygens (including phenoxy) is 2. The molecule has 9 heteroatoms. The van der Waals surface area contributed by atoms with Crippen molar-refractivity contribution in [3.8, 4) is 11.5 Å². The molecule has 0 aliphatic rings. The maximum atomic E-state index is 12.0. The molecule has 0 saturated carbocycles. The molecule has 0 saturated heterocycles. The van der Waals surface area contributed by atoms with Crippen LogP contribution in [0.3, 0.4) is 0 Å². The molecule has 0 aliphatic heterocycles. The predicted octanol–water partition coefficient (Wildman–Crippen LogP) is 3.34. The lowest BCUT2D eigenvalue weighted by Gasteiger charge is -2.15. The van der Waals surface area contributed by atoms with Gasteiger partial charge in [-0.05, 0) is 18.2 Å². The first-order valence-corrected chi connectivity index (χ1v) is 4.65. The fourth-order valence-corrected chi connectivity index (χ4v) is 1.08. The van der Waals surface area contributed by atoms with E-state index in [-0.39, 0.29) is 11.8 Å².